The number of sulfonamides is 1. The molecule has 0 unspecified atom stereocenters. The third-order valence-electron chi connectivity index (χ3n) is 3.89. The van der Waals surface area contributed by atoms with Crippen molar-refractivity contribution >= 4 is 21.4 Å². The number of nitrogens with one attached hydrogen (secondary N) is 2. The van der Waals surface area contributed by atoms with E-state index in [2.05, 4.69) is 10.0 Å². The van der Waals surface area contributed by atoms with Gasteiger partial charge < -0.3 is 10.4 Å². The Hall–Kier alpha value is -1.71. The van der Waals surface area contributed by atoms with E-state index < -0.39 is 20.5 Å². The highest BCUT2D eigenvalue weighted by molar-refractivity contribution is 7.89. The summed E-state index contributed by atoms with van der Waals surface area (Å²) in [6.07, 6.45) is 3.17. The Bertz CT molecular complexity index is 668. The van der Waals surface area contributed by atoms with Gasteiger partial charge in [0.25, 0.3) is 5.69 Å². The van der Waals surface area contributed by atoms with Crippen molar-refractivity contribution in [3.05, 3.63) is 28.3 Å². The van der Waals surface area contributed by atoms with Crippen molar-refractivity contribution < 1.29 is 18.4 Å². The molecule has 1 aromatic carbocycles. The zero-order valence-corrected chi connectivity index (χ0v) is 13.0. The van der Waals surface area contributed by atoms with Gasteiger partial charge in [0.2, 0.25) is 10.0 Å². The maximum atomic E-state index is 11.7. The summed E-state index contributed by atoms with van der Waals surface area (Å²) in [6.45, 7) is 0.200. The van der Waals surface area contributed by atoms with Crippen LogP contribution in [0.5, 0.6) is 0 Å². The Morgan fingerprint density at radius 3 is 2.55 bits per heavy atom. The van der Waals surface area contributed by atoms with Gasteiger partial charge in [0.05, 0.1) is 15.4 Å². The van der Waals surface area contributed by atoms with Crippen LogP contribution in [0.1, 0.15) is 25.7 Å². The second-order valence-electron chi connectivity index (χ2n) is 5.43. The summed E-state index contributed by atoms with van der Waals surface area (Å²) in [6, 6.07) is 3.65. The minimum Gasteiger partial charge on any atom is -0.388 e. The van der Waals surface area contributed by atoms with Crippen molar-refractivity contribution in [2.45, 2.75) is 36.2 Å². The first-order chi connectivity index (χ1) is 10.3. The molecule has 22 heavy (non-hydrogen) atoms. The lowest BCUT2D eigenvalue weighted by molar-refractivity contribution is -0.384. The molecular weight excluding hydrogens is 310 g/mol. The van der Waals surface area contributed by atoms with Gasteiger partial charge in [-0.25, -0.2) is 13.1 Å². The predicted molar refractivity (Wildman–Crippen MR) is 81.2 cm³/mol. The molecule has 0 heterocycles. The van der Waals surface area contributed by atoms with Gasteiger partial charge in [-0.3, -0.25) is 10.1 Å². The first kappa shape index (κ1) is 16.7. The second kappa shape index (κ2) is 6.19. The minimum atomic E-state index is -3.75. The minimum absolute atomic E-state index is 0.174. The standard InChI is InChI=1S/C13H19N3O5S/c1-14-22(20,21)10-4-5-11(12(8-10)16(18)19)15-9-13(17)6-2-3-7-13/h4-5,8,14-15,17H,2-3,6-7,9H2,1H3. The van der Waals surface area contributed by atoms with Gasteiger partial charge in [0.15, 0.2) is 0 Å². The summed E-state index contributed by atoms with van der Waals surface area (Å²) < 4.78 is 25.5. The van der Waals surface area contributed by atoms with Crippen molar-refractivity contribution in [2.24, 2.45) is 0 Å². The maximum Gasteiger partial charge on any atom is 0.293 e. The number of anilines is 1. The normalized spacial score (nSPS) is 17.4. The second-order valence-corrected chi connectivity index (χ2v) is 7.32. The molecule has 1 aliphatic rings. The number of nitrogens with zero attached hydrogens (tertiary/aromatic N) is 1. The molecule has 0 spiro atoms. The van der Waals surface area contributed by atoms with E-state index >= 15 is 0 Å². The van der Waals surface area contributed by atoms with Gasteiger partial charge in [0, 0.05) is 12.6 Å². The first-order valence-corrected chi connectivity index (χ1v) is 8.44. The van der Waals surface area contributed by atoms with E-state index in [9.17, 15) is 23.6 Å². The SMILES string of the molecule is CNS(=O)(=O)c1ccc(NCC2(O)CCCC2)c([N+](=O)[O-])c1. The lowest BCUT2D eigenvalue weighted by atomic mass is 10.0. The molecule has 0 saturated heterocycles. The first-order valence-electron chi connectivity index (χ1n) is 6.96. The van der Waals surface area contributed by atoms with Crippen LogP contribution in [0.25, 0.3) is 0 Å². The van der Waals surface area contributed by atoms with Gasteiger partial charge in [-0.2, -0.15) is 0 Å². The number of hydrogen-bond donors (Lipinski definition) is 3. The lowest BCUT2D eigenvalue weighted by Gasteiger charge is -2.23. The van der Waals surface area contributed by atoms with Crippen LogP contribution in [0.3, 0.4) is 0 Å². The number of hydrogen-bond acceptors (Lipinski definition) is 6. The number of benzene rings is 1. The highest BCUT2D eigenvalue weighted by Gasteiger charge is 2.31. The van der Waals surface area contributed by atoms with Crippen molar-refractivity contribution in [2.75, 3.05) is 18.9 Å². The van der Waals surface area contributed by atoms with E-state index in [0.29, 0.717) is 12.8 Å². The molecule has 1 fully saturated rings. The molecule has 0 atom stereocenters. The van der Waals surface area contributed by atoms with Crippen LogP contribution in [0.4, 0.5) is 11.4 Å². The molecule has 2 rings (SSSR count). The van der Waals surface area contributed by atoms with Crippen molar-refractivity contribution in [3.8, 4) is 0 Å². The Morgan fingerprint density at radius 1 is 1.36 bits per heavy atom. The summed E-state index contributed by atoms with van der Waals surface area (Å²) in [5.41, 5.74) is -0.998. The van der Waals surface area contributed by atoms with Crippen LogP contribution in [0.2, 0.25) is 0 Å². The quantitative estimate of drug-likeness (QED) is 0.533. The van der Waals surface area contributed by atoms with E-state index in [1.165, 1.54) is 19.2 Å². The van der Waals surface area contributed by atoms with E-state index in [1.54, 1.807) is 0 Å². The van der Waals surface area contributed by atoms with Crippen LogP contribution in [-0.4, -0.2) is 37.6 Å². The Balaban J connectivity index is 2.26. The molecule has 122 valence electrons. The zero-order valence-electron chi connectivity index (χ0n) is 12.2. The fourth-order valence-electron chi connectivity index (χ4n) is 2.57. The van der Waals surface area contributed by atoms with Crippen LogP contribution in [0.15, 0.2) is 23.1 Å². The molecule has 3 N–H and O–H groups in total. The third-order valence-corrected chi connectivity index (χ3v) is 5.30. The van der Waals surface area contributed by atoms with E-state index in [-0.39, 0.29) is 22.8 Å². The van der Waals surface area contributed by atoms with E-state index in [1.807, 2.05) is 0 Å². The Morgan fingerprint density at radius 2 is 2.00 bits per heavy atom. The molecule has 0 radical (unpaired) electrons. The average Bonchev–Trinajstić information content (AvgIpc) is 2.92. The molecule has 8 nitrogen and oxygen atoms in total. The lowest BCUT2D eigenvalue weighted by Crippen LogP contribution is -2.33. The molecule has 0 bridgehead atoms. The molecule has 1 saturated carbocycles. The Labute approximate surface area is 128 Å². The molecular formula is C13H19N3O5S. The van der Waals surface area contributed by atoms with Crippen molar-refractivity contribution in [1.82, 2.24) is 4.72 Å². The van der Waals surface area contributed by atoms with Crippen LogP contribution >= 0.6 is 0 Å². The fourth-order valence-corrected chi connectivity index (χ4v) is 3.32. The zero-order chi connectivity index (χ0) is 16.4. The summed E-state index contributed by atoms with van der Waals surface area (Å²) in [5, 5.41) is 24.3. The summed E-state index contributed by atoms with van der Waals surface area (Å²) in [4.78, 5) is 10.3. The number of nitro benzene ring substituents is 1. The van der Waals surface area contributed by atoms with E-state index in [0.717, 1.165) is 18.9 Å². The number of rotatable bonds is 6. The van der Waals surface area contributed by atoms with Crippen LogP contribution in [-0.2, 0) is 10.0 Å². The van der Waals surface area contributed by atoms with E-state index in [4.69, 9.17) is 0 Å². The van der Waals surface area contributed by atoms with Gasteiger partial charge in [-0.1, -0.05) is 12.8 Å². The monoisotopic (exact) mass is 329 g/mol. The largest absolute Gasteiger partial charge is 0.388 e. The van der Waals surface area contributed by atoms with Gasteiger partial charge in [0.1, 0.15) is 5.69 Å². The van der Waals surface area contributed by atoms with Crippen molar-refractivity contribution in [3.63, 3.8) is 0 Å². The number of nitro groups is 1. The molecule has 0 aromatic heterocycles. The summed E-state index contributed by atoms with van der Waals surface area (Å²) in [7, 11) is -2.51. The fraction of sp³-hybridized carbons (Fsp3) is 0.538. The molecule has 0 amide bonds. The molecule has 1 aliphatic carbocycles. The predicted octanol–water partition coefficient (Wildman–Crippen LogP) is 1.22. The van der Waals surface area contributed by atoms with Gasteiger partial charge >= 0.3 is 0 Å². The van der Waals surface area contributed by atoms with Crippen molar-refractivity contribution in [1.29, 1.82) is 0 Å². The maximum absolute atomic E-state index is 11.7. The van der Waals surface area contributed by atoms with Gasteiger partial charge in [-0.15, -0.1) is 0 Å². The smallest absolute Gasteiger partial charge is 0.293 e. The summed E-state index contributed by atoms with van der Waals surface area (Å²) >= 11 is 0. The Kier molecular flexibility index (Phi) is 4.69. The highest BCUT2D eigenvalue weighted by atomic mass is 32.2. The van der Waals surface area contributed by atoms with Crippen LogP contribution < -0.4 is 10.0 Å². The third kappa shape index (κ3) is 3.54. The van der Waals surface area contributed by atoms with Gasteiger partial charge in [-0.05, 0) is 32.0 Å². The topological polar surface area (TPSA) is 122 Å². The molecule has 0 aliphatic heterocycles. The number of aliphatic hydroxyl groups is 1. The van der Waals surface area contributed by atoms with Crippen LogP contribution in [0, 0.1) is 10.1 Å². The highest BCUT2D eigenvalue weighted by Crippen LogP contribution is 2.32. The average molecular weight is 329 g/mol. The molecule has 1 aromatic rings. The summed E-state index contributed by atoms with van der Waals surface area (Å²) in [5.74, 6) is 0. The molecule has 9 heteroatoms.